The summed E-state index contributed by atoms with van der Waals surface area (Å²) in [6.07, 6.45) is 0. The maximum Gasteiger partial charge on any atom is 0.0726 e. The van der Waals surface area contributed by atoms with Crippen molar-refractivity contribution in [3.63, 3.8) is 0 Å². The van der Waals surface area contributed by atoms with Gasteiger partial charge in [0.25, 0.3) is 0 Å². The van der Waals surface area contributed by atoms with Crippen molar-refractivity contribution in [1.29, 1.82) is 0 Å². The molecule has 2 heterocycles. The summed E-state index contributed by atoms with van der Waals surface area (Å²) < 4.78 is 2.67. The molecule has 2 aliphatic carbocycles. The van der Waals surface area contributed by atoms with E-state index in [4.69, 9.17) is 0 Å². The van der Waals surface area contributed by atoms with Crippen LogP contribution in [-0.4, -0.2) is 0 Å². The molecule has 1 aromatic heterocycles. The van der Waals surface area contributed by atoms with Crippen LogP contribution in [0, 0.1) is 0 Å². The number of anilines is 6. The Hall–Kier alpha value is -9.54. The van der Waals surface area contributed by atoms with Crippen molar-refractivity contribution < 1.29 is 0 Å². The molecule has 76 heavy (non-hydrogen) atoms. The third-order valence-electron chi connectivity index (χ3n) is 16.4. The molecule has 1 atom stereocenters. The third kappa shape index (κ3) is 6.09. The van der Waals surface area contributed by atoms with Gasteiger partial charge in [-0.05, 0) is 127 Å². The van der Waals surface area contributed by atoms with Gasteiger partial charge in [-0.15, -0.1) is 11.3 Å². The summed E-state index contributed by atoms with van der Waals surface area (Å²) >= 11 is 1.93. The highest BCUT2D eigenvalue weighted by molar-refractivity contribution is 7.26. The van der Waals surface area contributed by atoms with E-state index in [1.165, 1.54) is 92.5 Å². The molecule has 16 rings (SSSR count). The zero-order valence-corrected chi connectivity index (χ0v) is 42.2. The highest BCUT2D eigenvalue weighted by Crippen LogP contribution is 2.64. The van der Waals surface area contributed by atoms with Gasteiger partial charge in [0.15, 0.2) is 0 Å². The second-order valence-corrected chi connectivity index (χ2v) is 21.3. The molecule has 1 aliphatic heterocycles. The average Bonchev–Trinajstić information content (AvgIpc) is 4.18. The van der Waals surface area contributed by atoms with Gasteiger partial charge in [0.2, 0.25) is 0 Å². The lowest BCUT2D eigenvalue weighted by molar-refractivity contribution is 0.776. The Labute approximate surface area is 446 Å². The molecule has 0 saturated heterocycles. The second-order valence-electron chi connectivity index (χ2n) is 20.2. The van der Waals surface area contributed by atoms with Gasteiger partial charge in [-0.3, -0.25) is 0 Å². The van der Waals surface area contributed by atoms with Crippen LogP contribution in [0.5, 0.6) is 0 Å². The Morgan fingerprint density at radius 2 is 0.816 bits per heavy atom. The number of para-hydroxylation sites is 3. The summed E-state index contributed by atoms with van der Waals surface area (Å²) in [5.74, 6) is 0. The van der Waals surface area contributed by atoms with E-state index >= 15 is 0 Å². The van der Waals surface area contributed by atoms with Crippen LogP contribution in [0.3, 0.4) is 0 Å². The number of nitrogens with zero attached hydrogens (tertiary/aromatic N) is 2. The van der Waals surface area contributed by atoms with Gasteiger partial charge in [0.05, 0.1) is 22.5 Å². The molecule has 13 aromatic rings. The van der Waals surface area contributed by atoms with E-state index in [0.29, 0.717) is 0 Å². The lowest BCUT2D eigenvalue weighted by atomic mass is 9.66. The zero-order valence-electron chi connectivity index (χ0n) is 41.4. The maximum atomic E-state index is 2.51. The average molecular weight is 983 g/mol. The fraction of sp³-hybridized carbons (Fsp3) is 0.0137. The van der Waals surface area contributed by atoms with Crippen LogP contribution in [0.2, 0.25) is 0 Å². The normalized spacial score (nSPS) is 14.3. The van der Waals surface area contributed by atoms with Gasteiger partial charge < -0.3 is 9.80 Å². The van der Waals surface area contributed by atoms with Crippen LogP contribution in [-0.2, 0) is 5.41 Å². The number of hydrogen-bond acceptors (Lipinski definition) is 3. The first kappa shape index (κ1) is 42.9. The predicted octanol–water partition coefficient (Wildman–Crippen LogP) is 20.3. The van der Waals surface area contributed by atoms with E-state index < -0.39 is 5.41 Å². The van der Waals surface area contributed by atoms with E-state index in [1.807, 2.05) is 11.3 Å². The standard InChI is InChI=1S/C73H46N2S/c1-3-21-47(22-4-1)51-25-13-18-36-67(51)74(50-40-44-69-62(46-50)55-29-10-8-27-53(55)57-31-14-19-37-68(57)75(69)48-23-5-2-6-24-48)49-39-42-65-61(45-49)54-28-9-7-26-52(54)56-30-11-16-34-63(56)73(65)64-35-17-12-33-60(64)71-66(73)43-41-59-58-32-15-20-38-70(58)76-72(59)71/h1-46H. The minimum atomic E-state index is -0.629. The molecular formula is C73H46N2S. The highest BCUT2D eigenvalue weighted by Gasteiger charge is 2.50. The van der Waals surface area contributed by atoms with Crippen molar-refractivity contribution in [2.45, 2.75) is 5.41 Å². The molecule has 0 saturated carbocycles. The molecule has 3 aliphatic rings. The smallest absolute Gasteiger partial charge is 0.0726 e. The Kier molecular flexibility index (Phi) is 9.45. The first-order chi connectivity index (χ1) is 37.7. The molecule has 3 heteroatoms. The van der Waals surface area contributed by atoms with Gasteiger partial charge in [0, 0.05) is 59.5 Å². The Bertz CT molecular complexity index is 4490. The number of fused-ring (bicyclic) bond motifs is 21. The summed E-state index contributed by atoms with van der Waals surface area (Å²) in [6, 6.07) is 104. The van der Waals surface area contributed by atoms with Crippen molar-refractivity contribution >= 4 is 65.6 Å². The molecule has 354 valence electrons. The molecule has 0 N–H and O–H groups in total. The van der Waals surface area contributed by atoms with Gasteiger partial charge in [0.1, 0.15) is 0 Å². The molecule has 1 unspecified atom stereocenters. The topological polar surface area (TPSA) is 6.48 Å². The van der Waals surface area contributed by atoms with Crippen LogP contribution in [0.15, 0.2) is 279 Å². The van der Waals surface area contributed by atoms with Crippen molar-refractivity contribution in [3.8, 4) is 66.8 Å². The maximum absolute atomic E-state index is 2.51. The van der Waals surface area contributed by atoms with Gasteiger partial charge in [-0.25, -0.2) is 0 Å². The van der Waals surface area contributed by atoms with Crippen LogP contribution in [0.1, 0.15) is 22.3 Å². The molecule has 0 amide bonds. The molecule has 0 bridgehead atoms. The predicted molar refractivity (Wildman–Crippen MR) is 320 cm³/mol. The molecule has 0 radical (unpaired) electrons. The number of hydrogen-bond donors (Lipinski definition) is 0. The third-order valence-corrected chi connectivity index (χ3v) is 17.6. The van der Waals surface area contributed by atoms with Gasteiger partial charge in [-0.2, -0.15) is 0 Å². The van der Waals surface area contributed by atoms with Crippen molar-refractivity contribution in [1.82, 2.24) is 0 Å². The van der Waals surface area contributed by atoms with E-state index in [1.54, 1.807) is 0 Å². The SMILES string of the molecule is c1ccc(-c2ccccc2N(c2ccc3c(c2)-c2ccccc2-c2ccccc2N3c2ccccc2)c2ccc3c(c2)-c2ccccc2-c2ccccc2C32c3ccccc3-c3c2ccc2c3sc3ccccc32)cc1. The van der Waals surface area contributed by atoms with Gasteiger partial charge in [-0.1, -0.05) is 218 Å². The molecule has 12 aromatic carbocycles. The number of thiophene rings is 1. The zero-order chi connectivity index (χ0) is 49.9. The van der Waals surface area contributed by atoms with E-state index in [0.717, 1.165) is 50.8 Å². The van der Waals surface area contributed by atoms with Crippen LogP contribution in [0.25, 0.3) is 86.9 Å². The molecule has 1 spiro atoms. The van der Waals surface area contributed by atoms with Crippen LogP contribution < -0.4 is 9.80 Å². The van der Waals surface area contributed by atoms with E-state index in [2.05, 4.69) is 289 Å². The quantitative estimate of drug-likeness (QED) is 0.170. The summed E-state index contributed by atoms with van der Waals surface area (Å²) in [5, 5.41) is 2.63. The largest absolute Gasteiger partial charge is 0.310 e. The highest BCUT2D eigenvalue weighted by atomic mass is 32.1. The monoisotopic (exact) mass is 982 g/mol. The number of benzene rings is 12. The van der Waals surface area contributed by atoms with Crippen molar-refractivity contribution in [3.05, 3.63) is 301 Å². The Morgan fingerprint density at radius 3 is 1.58 bits per heavy atom. The van der Waals surface area contributed by atoms with Crippen molar-refractivity contribution in [2.24, 2.45) is 0 Å². The summed E-state index contributed by atoms with van der Waals surface area (Å²) in [7, 11) is 0. The Morgan fingerprint density at radius 1 is 0.316 bits per heavy atom. The fourth-order valence-electron chi connectivity index (χ4n) is 13.4. The first-order valence-corrected chi connectivity index (χ1v) is 27.1. The van der Waals surface area contributed by atoms with E-state index in [9.17, 15) is 0 Å². The van der Waals surface area contributed by atoms with Gasteiger partial charge >= 0.3 is 0 Å². The minimum Gasteiger partial charge on any atom is -0.310 e. The van der Waals surface area contributed by atoms with E-state index in [-0.39, 0.29) is 0 Å². The molecular weight excluding hydrogens is 937 g/mol. The lowest BCUT2D eigenvalue weighted by Crippen LogP contribution is -2.29. The summed E-state index contributed by atoms with van der Waals surface area (Å²) in [5.41, 5.74) is 25.9. The van der Waals surface area contributed by atoms with Crippen LogP contribution >= 0.6 is 11.3 Å². The first-order valence-electron chi connectivity index (χ1n) is 26.2. The van der Waals surface area contributed by atoms with Crippen LogP contribution in [0.4, 0.5) is 34.1 Å². The van der Waals surface area contributed by atoms with Crippen molar-refractivity contribution in [2.75, 3.05) is 9.80 Å². The molecule has 0 fully saturated rings. The minimum absolute atomic E-state index is 0.629. The fourth-order valence-corrected chi connectivity index (χ4v) is 14.6. The number of rotatable bonds is 5. The summed E-state index contributed by atoms with van der Waals surface area (Å²) in [4.78, 5) is 4.96. The molecule has 2 nitrogen and oxygen atoms in total. The second kappa shape index (κ2) is 16.7. The summed E-state index contributed by atoms with van der Waals surface area (Å²) in [6.45, 7) is 0. The Balaban J connectivity index is 0.995. The lowest BCUT2D eigenvalue weighted by Gasteiger charge is -2.36.